The van der Waals surface area contributed by atoms with Crippen molar-refractivity contribution in [3.8, 4) is 23.7 Å². The first kappa shape index (κ1) is 28.9. The van der Waals surface area contributed by atoms with Gasteiger partial charge in [0.2, 0.25) is 0 Å². The molecule has 2 aromatic rings. The summed E-state index contributed by atoms with van der Waals surface area (Å²) in [4.78, 5) is 3.86. The Morgan fingerprint density at radius 2 is 1.97 bits per heavy atom. The van der Waals surface area contributed by atoms with Crippen molar-refractivity contribution >= 4 is 12.4 Å². The molecule has 3 rings (SSSR count). The molecule has 1 aliphatic rings. The van der Waals surface area contributed by atoms with Crippen molar-refractivity contribution in [3.63, 3.8) is 0 Å². The van der Waals surface area contributed by atoms with Gasteiger partial charge in [0.25, 0.3) is 0 Å². The molecule has 0 aliphatic carbocycles. The van der Waals surface area contributed by atoms with Crippen molar-refractivity contribution in [2.75, 3.05) is 26.7 Å². The summed E-state index contributed by atoms with van der Waals surface area (Å²) in [6.45, 7) is 1.75. The van der Waals surface area contributed by atoms with Crippen molar-refractivity contribution in [1.82, 2.24) is 5.01 Å². The van der Waals surface area contributed by atoms with Crippen LogP contribution in [0.15, 0.2) is 69.1 Å². The lowest BCUT2D eigenvalue weighted by Crippen LogP contribution is -2.56. The first-order valence-corrected chi connectivity index (χ1v) is 11.2. The Morgan fingerprint density at radius 3 is 2.59 bits per heavy atom. The molecule has 39 heavy (non-hydrogen) atoms. The second kappa shape index (κ2) is 12.3. The summed E-state index contributed by atoms with van der Waals surface area (Å²) in [5, 5.41) is 30.5. The Bertz CT molecular complexity index is 1430. The summed E-state index contributed by atoms with van der Waals surface area (Å²) in [5.41, 5.74) is -5.11. The van der Waals surface area contributed by atoms with Crippen molar-refractivity contribution < 1.29 is 31.8 Å². The molecule has 0 aromatic heterocycles. The second-order valence-electron chi connectivity index (χ2n) is 8.25. The third-order valence-electron chi connectivity index (χ3n) is 5.54. The number of hydrogen-bond donors (Lipinski definition) is 1. The molecular weight excluding hydrogens is 523 g/mol. The molecule has 2 unspecified atom stereocenters. The lowest BCUT2D eigenvalue weighted by atomic mass is 9.83. The first-order chi connectivity index (χ1) is 18.5. The van der Waals surface area contributed by atoms with E-state index in [1.807, 2.05) is 0 Å². The number of halogens is 5. The third-order valence-corrected chi connectivity index (χ3v) is 5.54. The molecule has 1 N–H and O–H groups in total. The van der Waals surface area contributed by atoms with Gasteiger partial charge in [-0.3, -0.25) is 10.0 Å². The average molecular weight is 544 g/mol. The summed E-state index contributed by atoms with van der Waals surface area (Å²) in [7, 11) is 1.19. The minimum absolute atomic E-state index is 0.134. The Kier molecular flexibility index (Phi) is 9.12. The molecule has 0 bridgehead atoms. The number of nitriles is 1. The van der Waals surface area contributed by atoms with Crippen LogP contribution in [0.5, 0.6) is 5.75 Å². The number of nitrogens with zero attached hydrogens (tertiary/aromatic N) is 6. The first-order valence-electron chi connectivity index (χ1n) is 11.2. The van der Waals surface area contributed by atoms with Crippen LogP contribution in [0.3, 0.4) is 0 Å². The number of ether oxygens (including phenoxy) is 1. The Hall–Kier alpha value is -4.62. The van der Waals surface area contributed by atoms with Gasteiger partial charge in [0.1, 0.15) is 41.6 Å². The number of benzene rings is 2. The van der Waals surface area contributed by atoms with Gasteiger partial charge in [-0.05, 0) is 35.6 Å². The van der Waals surface area contributed by atoms with Crippen molar-refractivity contribution in [3.05, 3.63) is 77.1 Å². The van der Waals surface area contributed by atoms with Crippen molar-refractivity contribution in [2.45, 2.75) is 11.5 Å². The van der Waals surface area contributed by atoms with Gasteiger partial charge in [0.05, 0.1) is 24.6 Å². The predicted molar refractivity (Wildman–Crippen MR) is 132 cm³/mol. The molecule has 202 valence electrons. The van der Waals surface area contributed by atoms with Crippen LogP contribution in [-0.4, -0.2) is 55.2 Å². The topological polar surface area (TPSA) is 106 Å². The molecule has 8 nitrogen and oxygen atoms in total. The number of rotatable bonds is 9. The van der Waals surface area contributed by atoms with Gasteiger partial charge in [0, 0.05) is 31.5 Å². The highest BCUT2D eigenvalue weighted by Crippen LogP contribution is 2.42. The van der Waals surface area contributed by atoms with Crippen LogP contribution in [0.1, 0.15) is 11.1 Å². The zero-order valence-electron chi connectivity index (χ0n) is 20.5. The van der Waals surface area contributed by atoms with Crippen molar-refractivity contribution in [1.29, 1.82) is 5.26 Å². The lowest BCUT2D eigenvalue weighted by molar-refractivity contribution is -0.155. The van der Waals surface area contributed by atoms with Crippen LogP contribution in [-0.2, 0) is 5.60 Å². The molecule has 0 spiro atoms. The van der Waals surface area contributed by atoms with E-state index >= 15 is 8.78 Å². The van der Waals surface area contributed by atoms with Crippen LogP contribution in [0, 0.1) is 46.5 Å². The van der Waals surface area contributed by atoms with Gasteiger partial charge in [-0.1, -0.05) is 23.1 Å². The minimum atomic E-state index is -4.17. The smallest absolute Gasteiger partial charge is 0.323 e. The molecule has 1 aliphatic heterocycles. The molecule has 0 saturated carbocycles. The zero-order chi connectivity index (χ0) is 28.6. The molecule has 2 aromatic carbocycles. The van der Waals surface area contributed by atoms with Gasteiger partial charge in [-0.25, -0.2) is 13.2 Å². The fourth-order valence-electron chi connectivity index (χ4n) is 3.63. The van der Waals surface area contributed by atoms with E-state index in [2.05, 4.69) is 39.1 Å². The third kappa shape index (κ3) is 6.64. The lowest BCUT2D eigenvalue weighted by Gasteiger charge is -2.38. The minimum Gasteiger partial charge on any atom is -0.481 e. The van der Waals surface area contributed by atoms with E-state index in [4.69, 9.17) is 10.00 Å². The summed E-state index contributed by atoms with van der Waals surface area (Å²) in [6, 6.07) is 7.23. The quantitative estimate of drug-likeness (QED) is 0.166. The fraction of sp³-hybridized carbons (Fsp3) is 0.269. The standard InChI is InChI=1S/C26H21F5N6O2/c1-33-35-36-37(2)16-25(38,21-9-7-19(27)12-23(21)29)26(30,31)24-10-5-17(15-34-24)4-3-11-39-20-8-6-18(14-32)22(28)13-20/h5-10,12-13,17,38H,1,11,15-16H2,2H3/b36-35-. The number of alkyl halides is 2. The van der Waals surface area contributed by atoms with Crippen LogP contribution in [0.25, 0.3) is 0 Å². The van der Waals surface area contributed by atoms with Crippen LogP contribution >= 0.6 is 0 Å². The summed E-state index contributed by atoms with van der Waals surface area (Å²) in [5.74, 6) is -2.32. The number of hydrogen-bond acceptors (Lipinski definition) is 6. The molecule has 1 heterocycles. The molecule has 2 atom stereocenters. The Morgan fingerprint density at radius 1 is 1.21 bits per heavy atom. The molecule has 13 heteroatoms. The number of likely N-dealkylation sites (N-methyl/N-ethyl adjacent to an activating group) is 1. The highest BCUT2D eigenvalue weighted by atomic mass is 19.3. The van der Waals surface area contributed by atoms with E-state index in [0.29, 0.717) is 6.07 Å². The van der Waals surface area contributed by atoms with E-state index in [0.717, 1.165) is 29.3 Å². The Balaban J connectivity index is 1.77. The number of allylic oxidation sites excluding steroid dienone is 1. The predicted octanol–water partition coefficient (Wildman–Crippen LogP) is 4.42. The van der Waals surface area contributed by atoms with Gasteiger partial charge < -0.3 is 9.84 Å². The van der Waals surface area contributed by atoms with Crippen LogP contribution in [0.4, 0.5) is 22.0 Å². The number of aliphatic hydroxyl groups is 1. The molecule has 0 radical (unpaired) electrons. The van der Waals surface area contributed by atoms with E-state index < -0.39 is 52.7 Å². The maximum Gasteiger partial charge on any atom is 0.323 e. The summed E-state index contributed by atoms with van der Waals surface area (Å²) in [6.07, 6.45) is 2.29. The maximum absolute atomic E-state index is 15.8. The van der Waals surface area contributed by atoms with E-state index in [1.54, 1.807) is 6.07 Å². The van der Waals surface area contributed by atoms with E-state index in [9.17, 15) is 18.3 Å². The highest BCUT2D eigenvalue weighted by molar-refractivity contribution is 6.02. The van der Waals surface area contributed by atoms with E-state index in [-0.39, 0.29) is 24.5 Å². The van der Waals surface area contributed by atoms with Gasteiger partial charge in [-0.2, -0.15) is 14.0 Å². The van der Waals surface area contributed by atoms with Gasteiger partial charge in [0.15, 0.2) is 5.60 Å². The van der Waals surface area contributed by atoms with E-state index in [1.165, 1.54) is 25.3 Å². The van der Waals surface area contributed by atoms with Crippen LogP contribution in [0.2, 0.25) is 0 Å². The fourth-order valence-corrected chi connectivity index (χ4v) is 3.63. The molecule has 0 amide bonds. The molecule has 0 saturated heterocycles. The molecular formula is C26H21F5N6O2. The Labute approximate surface area is 220 Å². The number of dihydropyridines is 1. The average Bonchev–Trinajstić information content (AvgIpc) is 2.90. The second-order valence-corrected chi connectivity index (χ2v) is 8.25. The van der Waals surface area contributed by atoms with Gasteiger partial charge in [-0.15, -0.1) is 5.10 Å². The van der Waals surface area contributed by atoms with Crippen molar-refractivity contribution in [2.24, 2.45) is 26.5 Å². The summed E-state index contributed by atoms with van der Waals surface area (Å²) < 4.78 is 78.6. The van der Waals surface area contributed by atoms with Gasteiger partial charge >= 0.3 is 5.92 Å². The maximum atomic E-state index is 15.8. The number of aliphatic imine (C=N–C) groups is 1. The highest BCUT2D eigenvalue weighted by Gasteiger charge is 2.58. The monoisotopic (exact) mass is 544 g/mol. The normalized spacial score (nSPS) is 16.5. The summed E-state index contributed by atoms with van der Waals surface area (Å²) >= 11 is 0. The largest absolute Gasteiger partial charge is 0.481 e. The zero-order valence-corrected chi connectivity index (χ0v) is 20.5. The molecule has 0 fully saturated rings. The SMILES string of the molecule is C=N/N=N\N(C)CC(O)(c1ccc(F)cc1F)C(F)(F)C1=NCC(C#CCOc2ccc(C#N)c(F)c2)C=C1. The van der Waals surface area contributed by atoms with Crippen LogP contribution < -0.4 is 4.74 Å².